The van der Waals surface area contributed by atoms with E-state index in [0.29, 0.717) is 6.04 Å². The number of hydrogen-bond donors (Lipinski definition) is 0. The van der Waals surface area contributed by atoms with E-state index in [1.54, 1.807) is 7.11 Å². The highest BCUT2D eigenvalue weighted by Gasteiger charge is 2.51. The van der Waals surface area contributed by atoms with Crippen LogP contribution in [0.3, 0.4) is 0 Å². The Morgan fingerprint density at radius 2 is 1.89 bits per heavy atom. The largest absolute Gasteiger partial charge is 0.496 e. The van der Waals surface area contributed by atoms with Crippen LogP contribution in [0.25, 0.3) is 0 Å². The van der Waals surface area contributed by atoms with Gasteiger partial charge in [-0.3, -0.25) is 0 Å². The number of hydrogen-bond acceptors (Lipinski definition) is 5. The molecule has 2 saturated heterocycles. The Labute approximate surface area is 165 Å². The zero-order valence-electron chi connectivity index (χ0n) is 18.0. The van der Waals surface area contributed by atoms with E-state index in [2.05, 4.69) is 63.7 Å². The number of likely N-dealkylation sites (N-methyl/N-ethyl adjacent to an activating group) is 2. The van der Waals surface area contributed by atoms with Gasteiger partial charge in [0.15, 0.2) is 0 Å². The first kappa shape index (κ1) is 20.7. The Morgan fingerprint density at radius 1 is 1.22 bits per heavy atom. The van der Waals surface area contributed by atoms with Crippen LogP contribution >= 0.6 is 0 Å². The zero-order chi connectivity index (χ0) is 19.8. The van der Waals surface area contributed by atoms with Gasteiger partial charge in [-0.2, -0.15) is 0 Å². The fraction of sp³-hybridized carbons (Fsp3) is 0.714. The fourth-order valence-electron chi connectivity index (χ4n) is 3.97. The van der Waals surface area contributed by atoms with Crippen molar-refractivity contribution in [2.24, 2.45) is 0 Å². The summed E-state index contributed by atoms with van der Waals surface area (Å²) < 4.78 is 18.1. The van der Waals surface area contributed by atoms with Crippen LogP contribution in [0.1, 0.15) is 46.1 Å². The van der Waals surface area contributed by atoms with Gasteiger partial charge in [-0.25, -0.2) is 0 Å². The standard InChI is InChI=1S/C21H35BN2O3/c1-20(2)21(3,4)27-22(26-20)17-10-11-19(25-7)16(13-17)14-23(5)15-18-9-8-12-24(18)6/h10-11,13,18H,8-9,12,14-15H2,1-7H3. The molecule has 150 valence electrons. The number of benzene rings is 1. The minimum Gasteiger partial charge on any atom is -0.496 e. The second kappa shape index (κ2) is 7.74. The number of ether oxygens (including phenoxy) is 1. The average Bonchev–Trinajstić information content (AvgIpc) is 3.07. The molecule has 1 unspecified atom stereocenters. The third-order valence-corrected chi connectivity index (χ3v) is 6.46. The summed E-state index contributed by atoms with van der Waals surface area (Å²) in [5.74, 6) is 0.918. The lowest BCUT2D eigenvalue weighted by atomic mass is 9.78. The number of methoxy groups -OCH3 is 1. The van der Waals surface area contributed by atoms with E-state index < -0.39 is 0 Å². The highest BCUT2D eigenvalue weighted by molar-refractivity contribution is 6.62. The fourth-order valence-corrected chi connectivity index (χ4v) is 3.97. The summed E-state index contributed by atoms with van der Waals surface area (Å²) in [7, 11) is 5.81. The Morgan fingerprint density at radius 3 is 2.44 bits per heavy atom. The molecule has 6 heteroatoms. The first-order chi connectivity index (χ1) is 12.6. The molecular formula is C21H35BN2O3. The molecule has 3 rings (SSSR count). The van der Waals surface area contributed by atoms with E-state index in [1.807, 2.05) is 6.07 Å². The van der Waals surface area contributed by atoms with E-state index in [9.17, 15) is 0 Å². The summed E-state index contributed by atoms with van der Waals surface area (Å²) in [4.78, 5) is 4.85. The molecule has 2 heterocycles. The van der Waals surface area contributed by atoms with Crippen LogP contribution in [-0.4, -0.2) is 68.5 Å². The van der Waals surface area contributed by atoms with Crippen LogP contribution in [-0.2, 0) is 15.9 Å². The summed E-state index contributed by atoms with van der Waals surface area (Å²) in [5, 5.41) is 0. The van der Waals surface area contributed by atoms with Crippen molar-refractivity contribution in [2.75, 3.05) is 34.3 Å². The van der Waals surface area contributed by atoms with Crippen molar-refractivity contribution >= 4 is 12.6 Å². The van der Waals surface area contributed by atoms with Crippen LogP contribution in [0.2, 0.25) is 0 Å². The molecule has 0 saturated carbocycles. The highest BCUT2D eigenvalue weighted by atomic mass is 16.7. The zero-order valence-corrected chi connectivity index (χ0v) is 18.0. The lowest BCUT2D eigenvalue weighted by Crippen LogP contribution is -2.41. The lowest BCUT2D eigenvalue weighted by molar-refractivity contribution is 0.00578. The van der Waals surface area contributed by atoms with Crippen molar-refractivity contribution in [2.45, 2.75) is 64.3 Å². The summed E-state index contributed by atoms with van der Waals surface area (Å²) >= 11 is 0. The predicted octanol–water partition coefficient (Wildman–Crippen LogP) is 2.52. The molecule has 5 nitrogen and oxygen atoms in total. The van der Waals surface area contributed by atoms with Crippen LogP contribution in [0.15, 0.2) is 18.2 Å². The lowest BCUT2D eigenvalue weighted by Gasteiger charge is -2.32. The molecular weight excluding hydrogens is 339 g/mol. The average molecular weight is 374 g/mol. The maximum Gasteiger partial charge on any atom is 0.494 e. The number of rotatable bonds is 6. The Balaban J connectivity index is 1.74. The molecule has 1 atom stereocenters. The van der Waals surface area contributed by atoms with Crippen LogP contribution in [0.4, 0.5) is 0 Å². The molecule has 1 aromatic rings. The topological polar surface area (TPSA) is 34.2 Å². The Bertz CT molecular complexity index is 649. The van der Waals surface area contributed by atoms with E-state index in [0.717, 1.165) is 24.3 Å². The van der Waals surface area contributed by atoms with Gasteiger partial charge in [0.25, 0.3) is 0 Å². The van der Waals surface area contributed by atoms with Crippen LogP contribution in [0.5, 0.6) is 5.75 Å². The SMILES string of the molecule is COc1ccc(B2OC(C)(C)C(C)(C)O2)cc1CN(C)CC1CCCN1C. The molecule has 0 spiro atoms. The molecule has 0 aliphatic carbocycles. The van der Waals surface area contributed by atoms with E-state index >= 15 is 0 Å². The molecule has 0 radical (unpaired) electrons. The summed E-state index contributed by atoms with van der Waals surface area (Å²) in [5.41, 5.74) is 1.56. The predicted molar refractivity (Wildman–Crippen MR) is 111 cm³/mol. The van der Waals surface area contributed by atoms with E-state index in [-0.39, 0.29) is 18.3 Å². The first-order valence-electron chi connectivity index (χ1n) is 10.0. The Hall–Kier alpha value is -1.08. The normalized spacial score (nSPS) is 24.7. The van der Waals surface area contributed by atoms with Crippen molar-refractivity contribution in [1.29, 1.82) is 0 Å². The second-order valence-corrected chi connectivity index (χ2v) is 9.13. The molecule has 2 aliphatic heterocycles. The smallest absolute Gasteiger partial charge is 0.494 e. The Kier molecular flexibility index (Phi) is 5.92. The molecule has 27 heavy (non-hydrogen) atoms. The van der Waals surface area contributed by atoms with Gasteiger partial charge < -0.3 is 23.8 Å². The van der Waals surface area contributed by atoms with Crippen molar-refractivity contribution in [3.63, 3.8) is 0 Å². The van der Waals surface area contributed by atoms with Crippen molar-refractivity contribution in [3.8, 4) is 5.75 Å². The van der Waals surface area contributed by atoms with Crippen LogP contribution < -0.4 is 10.2 Å². The molecule has 0 N–H and O–H groups in total. The maximum absolute atomic E-state index is 6.22. The highest BCUT2D eigenvalue weighted by Crippen LogP contribution is 2.36. The van der Waals surface area contributed by atoms with Gasteiger partial charge in [0.2, 0.25) is 0 Å². The van der Waals surface area contributed by atoms with Gasteiger partial charge in [0, 0.05) is 24.7 Å². The van der Waals surface area contributed by atoms with Gasteiger partial charge in [0.05, 0.1) is 18.3 Å². The van der Waals surface area contributed by atoms with Crippen molar-refractivity contribution in [3.05, 3.63) is 23.8 Å². The molecule has 2 aliphatic rings. The van der Waals surface area contributed by atoms with Gasteiger partial charge in [0.1, 0.15) is 5.75 Å². The third-order valence-electron chi connectivity index (χ3n) is 6.46. The van der Waals surface area contributed by atoms with Gasteiger partial charge >= 0.3 is 7.12 Å². The minimum absolute atomic E-state index is 0.332. The van der Waals surface area contributed by atoms with E-state index in [1.165, 1.54) is 24.9 Å². The van der Waals surface area contributed by atoms with Crippen LogP contribution in [0, 0.1) is 0 Å². The molecule has 0 aromatic heterocycles. The quantitative estimate of drug-likeness (QED) is 0.715. The van der Waals surface area contributed by atoms with Crippen molar-refractivity contribution in [1.82, 2.24) is 9.80 Å². The van der Waals surface area contributed by atoms with Gasteiger partial charge in [-0.15, -0.1) is 0 Å². The molecule has 2 fully saturated rings. The first-order valence-corrected chi connectivity index (χ1v) is 10.0. The van der Waals surface area contributed by atoms with Crippen molar-refractivity contribution < 1.29 is 14.0 Å². The maximum atomic E-state index is 6.22. The summed E-state index contributed by atoms with van der Waals surface area (Å²) in [6.07, 6.45) is 2.58. The molecule has 1 aromatic carbocycles. The number of likely N-dealkylation sites (tertiary alicyclic amines) is 1. The number of nitrogens with zero attached hydrogens (tertiary/aromatic N) is 2. The molecule has 0 amide bonds. The summed E-state index contributed by atoms with van der Waals surface area (Å²) in [6, 6.07) is 6.91. The van der Waals surface area contributed by atoms with E-state index in [4.69, 9.17) is 14.0 Å². The van der Waals surface area contributed by atoms with Gasteiger partial charge in [-0.1, -0.05) is 12.1 Å². The summed E-state index contributed by atoms with van der Waals surface area (Å²) in [6.45, 7) is 11.5. The molecule has 0 bridgehead atoms. The van der Waals surface area contributed by atoms with Gasteiger partial charge in [-0.05, 0) is 72.7 Å². The monoisotopic (exact) mass is 374 g/mol. The second-order valence-electron chi connectivity index (χ2n) is 9.13. The minimum atomic E-state index is -0.342. The third kappa shape index (κ3) is 4.34.